The molecule has 7 nitrogen and oxygen atoms in total. The van der Waals surface area contributed by atoms with Crippen LogP contribution in [0.15, 0.2) is 71.8 Å². The number of esters is 1. The Morgan fingerprint density at radius 2 is 1.59 bits per heavy atom. The molecule has 32 heavy (non-hydrogen) atoms. The predicted octanol–water partition coefficient (Wildman–Crippen LogP) is 4.26. The molecule has 0 spiro atoms. The molecule has 0 unspecified atom stereocenters. The second-order valence-electron chi connectivity index (χ2n) is 6.94. The van der Waals surface area contributed by atoms with Gasteiger partial charge in [-0.15, -0.1) is 0 Å². The number of aryl methyl sites for hydroxylation is 2. The monoisotopic (exact) mass is 449 g/mol. The first kappa shape index (κ1) is 22.7. The summed E-state index contributed by atoms with van der Waals surface area (Å²) in [4.78, 5) is 36.0. The number of benzene rings is 3. The molecule has 3 aromatic carbocycles. The zero-order chi connectivity index (χ0) is 23.1. The van der Waals surface area contributed by atoms with Crippen LogP contribution in [0.2, 0.25) is 5.02 Å². The van der Waals surface area contributed by atoms with E-state index in [4.69, 9.17) is 16.3 Å². The summed E-state index contributed by atoms with van der Waals surface area (Å²) in [6.07, 6.45) is 1.36. The summed E-state index contributed by atoms with van der Waals surface area (Å²) in [5, 5.41) is 6.69. The molecule has 3 rings (SSSR count). The lowest BCUT2D eigenvalue weighted by Gasteiger charge is -2.06. The van der Waals surface area contributed by atoms with Crippen molar-refractivity contribution in [3.63, 3.8) is 0 Å². The maximum Gasteiger partial charge on any atom is 0.343 e. The number of nitrogens with zero attached hydrogens (tertiary/aromatic N) is 1. The molecule has 0 aliphatic carbocycles. The number of amides is 2. The van der Waals surface area contributed by atoms with Crippen molar-refractivity contribution in [2.45, 2.75) is 13.8 Å². The number of hydrazone groups is 1. The Hall–Kier alpha value is -3.97. The lowest BCUT2D eigenvalue weighted by Crippen LogP contribution is -2.32. The van der Waals surface area contributed by atoms with E-state index in [0.717, 1.165) is 11.1 Å². The van der Waals surface area contributed by atoms with Crippen LogP contribution >= 0.6 is 11.6 Å². The van der Waals surface area contributed by atoms with Gasteiger partial charge in [-0.05, 0) is 73.5 Å². The summed E-state index contributed by atoms with van der Waals surface area (Å²) in [7, 11) is 0. The third-order valence-electron chi connectivity index (χ3n) is 4.39. The number of hydrogen-bond acceptors (Lipinski definition) is 5. The molecule has 0 saturated carbocycles. The molecule has 8 heteroatoms. The van der Waals surface area contributed by atoms with E-state index in [1.54, 1.807) is 54.6 Å². The number of halogens is 1. The van der Waals surface area contributed by atoms with Crippen molar-refractivity contribution in [2.24, 2.45) is 5.10 Å². The smallest absolute Gasteiger partial charge is 0.343 e. The summed E-state index contributed by atoms with van der Waals surface area (Å²) in [5.74, 6) is -1.89. The van der Waals surface area contributed by atoms with Crippen molar-refractivity contribution in [2.75, 3.05) is 5.32 Å². The van der Waals surface area contributed by atoms with Gasteiger partial charge in [0.05, 0.1) is 11.8 Å². The van der Waals surface area contributed by atoms with Crippen LogP contribution in [0.1, 0.15) is 27.0 Å². The molecule has 0 radical (unpaired) electrons. The summed E-state index contributed by atoms with van der Waals surface area (Å²) < 4.78 is 5.33. The Morgan fingerprint density at radius 3 is 2.25 bits per heavy atom. The SMILES string of the molecule is Cc1ccc(C(=O)Oc2ccc(/C=N/NC(=O)C(=O)Nc3ccc(C)c(Cl)c3)cc2)cc1. The van der Waals surface area contributed by atoms with Crippen molar-refractivity contribution in [3.8, 4) is 5.75 Å². The Balaban J connectivity index is 1.51. The molecule has 2 amide bonds. The highest BCUT2D eigenvalue weighted by Gasteiger charge is 2.13. The minimum Gasteiger partial charge on any atom is -0.423 e. The highest BCUT2D eigenvalue weighted by atomic mass is 35.5. The molecule has 0 aliphatic heterocycles. The van der Waals surface area contributed by atoms with E-state index in [9.17, 15) is 14.4 Å². The van der Waals surface area contributed by atoms with E-state index in [-0.39, 0.29) is 0 Å². The van der Waals surface area contributed by atoms with Gasteiger partial charge in [0.15, 0.2) is 0 Å². The van der Waals surface area contributed by atoms with Gasteiger partial charge in [-0.2, -0.15) is 5.10 Å². The van der Waals surface area contributed by atoms with E-state index >= 15 is 0 Å². The minimum absolute atomic E-state index is 0.368. The first-order valence-electron chi connectivity index (χ1n) is 9.61. The van der Waals surface area contributed by atoms with Gasteiger partial charge in [-0.25, -0.2) is 10.2 Å². The Kier molecular flexibility index (Phi) is 7.36. The number of carbonyl (C=O) groups excluding carboxylic acids is 3. The van der Waals surface area contributed by atoms with Crippen LogP contribution in [0.3, 0.4) is 0 Å². The van der Waals surface area contributed by atoms with Crippen LogP contribution in [0.4, 0.5) is 5.69 Å². The highest BCUT2D eigenvalue weighted by Crippen LogP contribution is 2.19. The van der Waals surface area contributed by atoms with Gasteiger partial charge in [0, 0.05) is 10.7 Å². The molecule has 0 aliphatic rings. The van der Waals surface area contributed by atoms with Crippen LogP contribution in [0.5, 0.6) is 5.75 Å². The maximum absolute atomic E-state index is 12.1. The largest absolute Gasteiger partial charge is 0.423 e. The van der Waals surface area contributed by atoms with Crippen LogP contribution in [-0.4, -0.2) is 24.0 Å². The van der Waals surface area contributed by atoms with Gasteiger partial charge in [-0.3, -0.25) is 9.59 Å². The van der Waals surface area contributed by atoms with Crippen molar-refractivity contribution < 1.29 is 19.1 Å². The van der Waals surface area contributed by atoms with E-state index in [0.29, 0.717) is 27.6 Å². The maximum atomic E-state index is 12.1. The van der Waals surface area contributed by atoms with Gasteiger partial charge in [0.25, 0.3) is 0 Å². The standard InChI is InChI=1S/C24H20ClN3O4/c1-15-3-8-18(9-4-15)24(31)32-20-11-6-17(7-12-20)14-26-28-23(30)22(29)27-19-10-5-16(2)21(25)13-19/h3-14H,1-2H3,(H,27,29)(H,28,30)/b26-14+. The Morgan fingerprint density at radius 1 is 0.906 bits per heavy atom. The molecular formula is C24H20ClN3O4. The number of carbonyl (C=O) groups is 3. The van der Waals surface area contributed by atoms with E-state index in [1.165, 1.54) is 6.21 Å². The number of anilines is 1. The molecule has 0 heterocycles. The number of rotatable bonds is 5. The third kappa shape index (κ3) is 6.26. The topological polar surface area (TPSA) is 96.9 Å². The lowest BCUT2D eigenvalue weighted by atomic mass is 10.1. The molecule has 3 aromatic rings. The van der Waals surface area contributed by atoms with Crippen LogP contribution in [0.25, 0.3) is 0 Å². The molecule has 0 fully saturated rings. The van der Waals surface area contributed by atoms with Crippen LogP contribution < -0.4 is 15.5 Å². The van der Waals surface area contributed by atoms with Gasteiger partial charge >= 0.3 is 17.8 Å². The van der Waals surface area contributed by atoms with Gasteiger partial charge < -0.3 is 10.1 Å². The van der Waals surface area contributed by atoms with Crippen molar-refractivity contribution in [1.82, 2.24) is 5.43 Å². The first-order valence-corrected chi connectivity index (χ1v) is 9.99. The normalized spacial score (nSPS) is 10.6. The fraction of sp³-hybridized carbons (Fsp3) is 0.0833. The number of nitrogens with one attached hydrogen (secondary N) is 2. The van der Waals surface area contributed by atoms with Crippen LogP contribution in [-0.2, 0) is 9.59 Å². The molecule has 162 valence electrons. The number of hydrogen-bond donors (Lipinski definition) is 2. The Labute approximate surface area is 190 Å². The zero-order valence-corrected chi connectivity index (χ0v) is 18.1. The average Bonchev–Trinajstić information content (AvgIpc) is 2.77. The molecule has 0 saturated heterocycles. The molecule has 2 N–H and O–H groups in total. The minimum atomic E-state index is -0.929. The van der Waals surface area contributed by atoms with Gasteiger partial charge in [0.1, 0.15) is 5.75 Å². The third-order valence-corrected chi connectivity index (χ3v) is 4.80. The fourth-order valence-electron chi connectivity index (χ4n) is 2.55. The lowest BCUT2D eigenvalue weighted by molar-refractivity contribution is -0.136. The second-order valence-corrected chi connectivity index (χ2v) is 7.35. The second kappa shape index (κ2) is 10.4. The summed E-state index contributed by atoms with van der Waals surface area (Å²) >= 11 is 6.00. The van der Waals surface area contributed by atoms with E-state index in [1.807, 2.05) is 26.0 Å². The van der Waals surface area contributed by atoms with Crippen molar-refractivity contribution in [1.29, 1.82) is 0 Å². The first-order chi connectivity index (χ1) is 15.3. The summed E-state index contributed by atoms with van der Waals surface area (Å²) in [5.41, 5.74) is 5.54. The quantitative estimate of drug-likeness (QED) is 0.200. The fourth-order valence-corrected chi connectivity index (χ4v) is 2.73. The highest BCUT2D eigenvalue weighted by molar-refractivity contribution is 6.39. The predicted molar refractivity (Wildman–Crippen MR) is 123 cm³/mol. The van der Waals surface area contributed by atoms with Crippen molar-refractivity contribution >= 4 is 41.3 Å². The molecule has 0 bridgehead atoms. The molecular weight excluding hydrogens is 430 g/mol. The molecule has 0 aromatic heterocycles. The zero-order valence-electron chi connectivity index (χ0n) is 17.4. The molecule has 0 atom stereocenters. The van der Waals surface area contributed by atoms with E-state index in [2.05, 4.69) is 15.8 Å². The van der Waals surface area contributed by atoms with E-state index < -0.39 is 17.8 Å². The number of ether oxygens (including phenoxy) is 1. The Bertz CT molecular complexity index is 1170. The summed E-state index contributed by atoms with van der Waals surface area (Å²) in [6.45, 7) is 3.76. The summed E-state index contributed by atoms with van der Waals surface area (Å²) in [6, 6.07) is 18.5. The van der Waals surface area contributed by atoms with Gasteiger partial charge in [0.2, 0.25) is 0 Å². The van der Waals surface area contributed by atoms with Gasteiger partial charge in [-0.1, -0.05) is 35.4 Å². The van der Waals surface area contributed by atoms with Crippen LogP contribution in [0, 0.1) is 13.8 Å². The average molecular weight is 450 g/mol. The van der Waals surface area contributed by atoms with Crippen molar-refractivity contribution in [3.05, 3.63) is 94.0 Å².